The monoisotopic (exact) mass is 384 g/mol. The third-order valence-corrected chi connectivity index (χ3v) is 6.26. The van der Waals surface area contributed by atoms with E-state index in [-0.39, 0.29) is 0 Å². The lowest BCUT2D eigenvalue weighted by molar-refractivity contribution is 0.278. The molecular weight excluding hydrogens is 352 g/mol. The highest BCUT2D eigenvalue weighted by Crippen LogP contribution is 2.36. The fourth-order valence-electron chi connectivity index (χ4n) is 4.75. The molecule has 0 aliphatic carbocycles. The van der Waals surface area contributed by atoms with E-state index in [1.807, 2.05) is 12.4 Å². The zero-order valence-electron chi connectivity index (χ0n) is 18.2. The van der Waals surface area contributed by atoms with Gasteiger partial charge in [-0.25, -0.2) is 0 Å². The molecule has 1 atom stereocenters. The highest BCUT2D eigenvalue weighted by Gasteiger charge is 2.21. The SMILES string of the molecule is CCCCC(C)(C)CC(C)c1ccc(-n2c3ccccc3c3ccncc32)cc1. The molecule has 2 heterocycles. The van der Waals surface area contributed by atoms with Crippen LogP contribution in [0.25, 0.3) is 27.5 Å². The van der Waals surface area contributed by atoms with E-state index in [9.17, 15) is 0 Å². The minimum absolute atomic E-state index is 0.395. The first kappa shape index (κ1) is 19.7. The summed E-state index contributed by atoms with van der Waals surface area (Å²) in [6, 6.07) is 19.9. The van der Waals surface area contributed by atoms with E-state index in [2.05, 4.69) is 91.8 Å². The van der Waals surface area contributed by atoms with Crippen LogP contribution < -0.4 is 0 Å². The van der Waals surface area contributed by atoms with Crippen LogP contribution >= 0.6 is 0 Å². The van der Waals surface area contributed by atoms with Crippen molar-refractivity contribution in [1.82, 2.24) is 9.55 Å². The van der Waals surface area contributed by atoms with Gasteiger partial charge in [0, 0.05) is 22.7 Å². The lowest BCUT2D eigenvalue weighted by Gasteiger charge is -2.28. The molecular formula is C27H32N2. The molecule has 2 nitrogen and oxygen atoms in total. The van der Waals surface area contributed by atoms with E-state index in [1.165, 1.54) is 53.2 Å². The van der Waals surface area contributed by atoms with Crippen molar-refractivity contribution >= 4 is 21.8 Å². The van der Waals surface area contributed by atoms with Gasteiger partial charge in [-0.05, 0) is 54.0 Å². The Morgan fingerprint density at radius 2 is 1.66 bits per heavy atom. The van der Waals surface area contributed by atoms with Gasteiger partial charge in [0.2, 0.25) is 0 Å². The van der Waals surface area contributed by atoms with E-state index in [1.54, 1.807) is 0 Å². The standard InChI is InChI=1S/C27H32N2/c1-5-6-16-27(3,4)18-20(2)21-11-13-22(14-12-21)29-25-10-8-7-9-23(25)24-15-17-28-19-26(24)29/h7-15,17,19-20H,5-6,16,18H2,1-4H3. The molecule has 0 bridgehead atoms. The van der Waals surface area contributed by atoms with Gasteiger partial charge in [0.25, 0.3) is 0 Å². The van der Waals surface area contributed by atoms with E-state index < -0.39 is 0 Å². The van der Waals surface area contributed by atoms with Crippen LogP contribution in [-0.2, 0) is 0 Å². The molecule has 4 rings (SSSR count). The van der Waals surface area contributed by atoms with Crippen LogP contribution in [0, 0.1) is 5.41 Å². The van der Waals surface area contributed by atoms with Gasteiger partial charge < -0.3 is 4.57 Å². The first-order chi connectivity index (χ1) is 14.0. The van der Waals surface area contributed by atoms with Crippen LogP contribution in [0.15, 0.2) is 67.0 Å². The summed E-state index contributed by atoms with van der Waals surface area (Å²) in [5.74, 6) is 0.565. The molecule has 2 aromatic carbocycles. The first-order valence-electron chi connectivity index (χ1n) is 10.9. The van der Waals surface area contributed by atoms with Crippen molar-refractivity contribution in [3.05, 3.63) is 72.6 Å². The summed E-state index contributed by atoms with van der Waals surface area (Å²) in [6.07, 6.45) is 8.98. The predicted octanol–water partition coefficient (Wildman–Crippen LogP) is 7.89. The van der Waals surface area contributed by atoms with Crippen molar-refractivity contribution in [2.24, 2.45) is 5.41 Å². The maximum atomic E-state index is 4.38. The van der Waals surface area contributed by atoms with Crippen molar-refractivity contribution in [2.75, 3.05) is 0 Å². The zero-order chi connectivity index (χ0) is 20.4. The largest absolute Gasteiger partial charge is 0.308 e. The normalized spacial score (nSPS) is 13.2. The molecule has 0 amide bonds. The third kappa shape index (κ3) is 3.94. The molecule has 0 saturated heterocycles. The van der Waals surface area contributed by atoms with Crippen molar-refractivity contribution < 1.29 is 0 Å². The molecule has 1 unspecified atom stereocenters. The summed E-state index contributed by atoms with van der Waals surface area (Å²) in [4.78, 5) is 4.38. The summed E-state index contributed by atoms with van der Waals surface area (Å²) in [7, 11) is 0. The van der Waals surface area contributed by atoms with Crippen LogP contribution in [0.1, 0.15) is 64.9 Å². The van der Waals surface area contributed by atoms with E-state index >= 15 is 0 Å². The number of para-hydroxylation sites is 1. The van der Waals surface area contributed by atoms with Gasteiger partial charge in [-0.3, -0.25) is 4.98 Å². The molecule has 2 aromatic heterocycles. The Morgan fingerprint density at radius 3 is 2.41 bits per heavy atom. The highest BCUT2D eigenvalue weighted by atomic mass is 15.0. The second kappa shape index (κ2) is 8.02. The molecule has 0 N–H and O–H groups in total. The van der Waals surface area contributed by atoms with Gasteiger partial charge in [0.15, 0.2) is 0 Å². The van der Waals surface area contributed by atoms with Gasteiger partial charge >= 0.3 is 0 Å². The van der Waals surface area contributed by atoms with E-state index in [4.69, 9.17) is 0 Å². The smallest absolute Gasteiger partial charge is 0.0724 e. The molecule has 0 aliphatic rings. The Kier molecular flexibility index (Phi) is 5.45. The topological polar surface area (TPSA) is 17.8 Å². The van der Waals surface area contributed by atoms with Gasteiger partial charge in [0.1, 0.15) is 0 Å². The maximum absolute atomic E-state index is 4.38. The number of aromatic nitrogens is 2. The fraction of sp³-hybridized carbons (Fsp3) is 0.370. The highest BCUT2D eigenvalue weighted by molar-refractivity contribution is 6.08. The molecule has 150 valence electrons. The Bertz CT molecular complexity index is 1050. The second-order valence-electron chi connectivity index (χ2n) is 9.21. The zero-order valence-corrected chi connectivity index (χ0v) is 18.2. The van der Waals surface area contributed by atoms with Crippen LogP contribution in [0.2, 0.25) is 0 Å². The molecule has 0 spiro atoms. The van der Waals surface area contributed by atoms with Crippen molar-refractivity contribution in [3.8, 4) is 5.69 Å². The van der Waals surface area contributed by atoms with Crippen LogP contribution in [0.5, 0.6) is 0 Å². The van der Waals surface area contributed by atoms with Gasteiger partial charge in [0.05, 0.1) is 17.2 Å². The number of hydrogen-bond donors (Lipinski definition) is 0. The molecule has 0 radical (unpaired) electrons. The number of fused-ring (bicyclic) bond motifs is 3. The van der Waals surface area contributed by atoms with E-state index in [0.717, 1.165) is 5.52 Å². The molecule has 29 heavy (non-hydrogen) atoms. The Morgan fingerprint density at radius 1 is 0.931 bits per heavy atom. The molecule has 0 aliphatic heterocycles. The minimum Gasteiger partial charge on any atom is -0.308 e. The Balaban J connectivity index is 1.66. The number of pyridine rings is 1. The lowest BCUT2D eigenvalue weighted by Crippen LogP contribution is -2.14. The lowest BCUT2D eigenvalue weighted by atomic mass is 9.77. The average molecular weight is 385 g/mol. The summed E-state index contributed by atoms with van der Waals surface area (Å²) in [6.45, 7) is 9.48. The summed E-state index contributed by atoms with van der Waals surface area (Å²) >= 11 is 0. The average Bonchev–Trinajstić information content (AvgIpc) is 3.07. The van der Waals surface area contributed by atoms with Gasteiger partial charge in [-0.2, -0.15) is 0 Å². The maximum Gasteiger partial charge on any atom is 0.0724 e. The quantitative estimate of drug-likeness (QED) is 0.317. The Labute approximate surface area is 174 Å². The van der Waals surface area contributed by atoms with Crippen LogP contribution in [-0.4, -0.2) is 9.55 Å². The Hall–Kier alpha value is -2.61. The van der Waals surface area contributed by atoms with E-state index in [0.29, 0.717) is 11.3 Å². The van der Waals surface area contributed by atoms with Gasteiger partial charge in [-0.15, -0.1) is 0 Å². The van der Waals surface area contributed by atoms with Crippen LogP contribution in [0.3, 0.4) is 0 Å². The van der Waals surface area contributed by atoms with Crippen LogP contribution in [0.4, 0.5) is 0 Å². The second-order valence-corrected chi connectivity index (χ2v) is 9.21. The van der Waals surface area contributed by atoms with Gasteiger partial charge in [-0.1, -0.05) is 70.9 Å². The number of unbranched alkanes of at least 4 members (excludes halogenated alkanes) is 1. The first-order valence-corrected chi connectivity index (χ1v) is 10.9. The minimum atomic E-state index is 0.395. The molecule has 0 saturated carbocycles. The predicted molar refractivity (Wildman–Crippen MR) is 125 cm³/mol. The third-order valence-electron chi connectivity index (χ3n) is 6.26. The number of hydrogen-bond acceptors (Lipinski definition) is 1. The molecule has 2 heteroatoms. The summed E-state index contributed by atoms with van der Waals surface area (Å²) < 4.78 is 2.33. The number of rotatable bonds is 7. The molecule has 0 fully saturated rings. The van der Waals surface area contributed by atoms with Crippen molar-refractivity contribution in [3.63, 3.8) is 0 Å². The molecule has 4 aromatic rings. The fourth-order valence-corrected chi connectivity index (χ4v) is 4.75. The summed E-state index contributed by atoms with van der Waals surface area (Å²) in [5, 5.41) is 2.53. The summed E-state index contributed by atoms with van der Waals surface area (Å²) in [5.41, 5.74) is 5.42. The van der Waals surface area contributed by atoms with Crippen molar-refractivity contribution in [2.45, 2.75) is 59.3 Å². The number of nitrogens with zero attached hydrogens (tertiary/aromatic N) is 2. The number of benzene rings is 2. The van der Waals surface area contributed by atoms with Crippen molar-refractivity contribution in [1.29, 1.82) is 0 Å².